The molecule has 0 bridgehead atoms. The fourth-order valence-electron chi connectivity index (χ4n) is 3.55. The molecule has 3 aromatic carbocycles. The van der Waals surface area contributed by atoms with Crippen LogP contribution in [0.3, 0.4) is 0 Å². The minimum Gasteiger partial charge on any atom is -0.289 e. The van der Waals surface area contributed by atoms with E-state index in [2.05, 4.69) is 0 Å². The maximum Gasteiger partial charge on any atom is 0.416 e. The van der Waals surface area contributed by atoms with Crippen LogP contribution in [0.2, 0.25) is 0 Å². The van der Waals surface area contributed by atoms with Crippen molar-refractivity contribution in [3.05, 3.63) is 80.1 Å². The van der Waals surface area contributed by atoms with Gasteiger partial charge in [0.25, 0.3) is 0 Å². The van der Waals surface area contributed by atoms with Crippen molar-refractivity contribution in [1.29, 1.82) is 0 Å². The molecule has 0 atom stereocenters. The first-order valence-corrected chi connectivity index (χ1v) is 10.6. The lowest BCUT2D eigenvalue weighted by atomic mass is 10.1. The summed E-state index contributed by atoms with van der Waals surface area (Å²) in [6.07, 6.45) is -9.14. The summed E-state index contributed by atoms with van der Waals surface area (Å²) in [6.45, 7) is 0. The van der Waals surface area contributed by atoms with E-state index in [1.807, 2.05) is 0 Å². The molecule has 5 aromatic rings. The van der Waals surface area contributed by atoms with E-state index in [0.717, 1.165) is 59.1 Å². The molecule has 2 nitrogen and oxygen atoms in total. The van der Waals surface area contributed by atoms with Crippen molar-refractivity contribution in [1.82, 2.24) is 0 Å². The summed E-state index contributed by atoms with van der Waals surface area (Å²) < 4.78 is 79.3. The number of benzene rings is 3. The van der Waals surface area contributed by atoms with Crippen LogP contribution in [0.1, 0.15) is 11.1 Å². The summed E-state index contributed by atoms with van der Waals surface area (Å²) >= 11 is 1.89. The van der Waals surface area contributed by atoms with Crippen LogP contribution in [0, 0.1) is 0 Å². The van der Waals surface area contributed by atoms with Crippen molar-refractivity contribution in [3.8, 4) is 0 Å². The maximum atomic E-state index is 13.1. The molecule has 0 fully saturated rings. The molecule has 0 unspecified atom stereocenters. The molecule has 0 N–H and O–H groups in total. The van der Waals surface area contributed by atoms with Gasteiger partial charge in [-0.25, -0.2) is 0 Å². The Hall–Kier alpha value is -2.98. The van der Waals surface area contributed by atoms with Crippen LogP contribution in [0.5, 0.6) is 0 Å². The Morgan fingerprint density at radius 1 is 0.500 bits per heavy atom. The highest BCUT2D eigenvalue weighted by Gasteiger charge is 2.31. The molecule has 0 saturated carbocycles. The molecule has 0 aliphatic rings. The quantitative estimate of drug-likeness (QED) is 0.173. The number of halogens is 6. The Morgan fingerprint density at radius 3 is 1.19 bits per heavy atom. The first-order valence-electron chi connectivity index (χ1n) is 8.99. The van der Waals surface area contributed by atoms with E-state index >= 15 is 0 Å². The number of rotatable bonds is 0. The van der Waals surface area contributed by atoms with Gasteiger partial charge in [0.1, 0.15) is 0 Å². The van der Waals surface area contributed by atoms with E-state index in [4.69, 9.17) is 0 Å². The second kappa shape index (κ2) is 6.76. The zero-order valence-corrected chi connectivity index (χ0v) is 17.2. The first-order chi connectivity index (χ1) is 14.9. The SMILES string of the molecule is O=c1c2ccc(C(F)(F)F)cc2sc2cc3c(=O)c4ccc(C(F)(F)F)cc4sc3cc12. The molecule has 0 aliphatic carbocycles. The van der Waals surface area contributed by atoms with Crippen LogP contribution in [-0.2, 0) is 12.4 Å². The monoisotopic (exact) mass is 482 g/mol. The summed E-state index contributed by atoms with van der Waals surface area (Å²) in [4.78, 5) is 25.9. The number of alkyl halides is 6. The molecular weight excluding hydrogens is 474 g/mol. The molecule has 5 rings (SSSR count). The summed E-state index contributed by atoms with van der Waals surface area (Å²) in [5.74, 6) is 0. The summed E-state index contributed by atoms with van der Waals surface area (Å²) in [5, 5.41) is 0.582. The standard InChI is InChI=1S/C22H8F6O2S2/c23-21(24,25)9-1-3-11-15(5-9)31-17-8-14-18(7-13(17)19(11)29)32-16-6-10(22(26,27)28)2-4-12(16)20(14)30/h1-8H. The molecule has 32 heavy (non-hydrogen) atoms. The highest BCUT2D eigenvalue weighted by Crippen LogP contribution is 2.37. The second-order valence-electron chi connectivity index (χ2n) is 7.12. The fraction of sp³-hybridized carbons (Fsp3) is 0.0909. The van der Waals surface area contributed by atoms with Gasteiger partial charge in [0.2, 0.25) is 0 Å². The predicted molar refractivity (Wildman–Crippen MR) is 115 cm³/mol. The van der Waals surface area contributed by atoms with E-state index in [9.17, 15) is 35.9 Å². The van der Waals surface area contributed by atoms with Gasteiger partial charge >= 0.3 is 12.4 Å². The zero-order valence-electron chi connectivity index (χ0n) is 15.5. The normalized spacial score (nSPS) is 12.9. The smallest absolute Gasteiger partial charge is 0.289 e. The molecule has 0 aliphatic heterocycles. The lowest BCUT2D eigenvalue weighted by Gasteiger charge is -2.09. The Morgan fingerprint density at radius 2 is 0.844 bits per heavy atom. The van der Waals surface area contributed by atoms with Gasteiger partial charge in [-0.05, 0) is 48.5 Å². The third-order valence-corrected chi connectivity index (χ3v) is 7.35. The van der Waals surface area contributed by atoms with Crippen molar-refractivity contribution >= 4 is 63.0 Å². The summed E-state index contributed by atoms with van der Waals surface area (Å²) in [5.41, 5.74) is -2.79. The molecule has 0 radical (unpaired) electrons. The van der Waals surface area contributed by atoms with E-state index in [0.29, 0.717) is 9.40 Å². The Kier molecular flexibility index (Phi) is 4.41. The van der Waals surface area contributed by atoms with Crippen LogP contribution in [0.15, 0.2) is 58.1 Å². The molecule has 0 spiro atoms. The van der Waals surface area contributed by atoms with E-state index in [1.54, 1.807) is 0 Å². The topological polar surface area (TPSA) is 34.1 Å². The van der Waals surface area contributed by atoms with Gasteiger partial charge in [-0.1, -0.05) is 0 Å². The van der Waals surface area contributed by atoms with Crippen molar-refractivity contribution < 1.29 is 26.3 Å². The van der Waals surface area contributed by atoms with Crippen LogP contribution < -0.4 is 10.9 Å². The van der Waals surface area contributed by atoms with Gasteiger partial charge in [0, 0.05) is 40.3 Å². The van der Waals surface area contributed by atoms with E-state index in [-0.39, 0.29) is 30.9 Å². The maximum absolute atomic E-state index is 13.1. The van der Waals surface area contributed by atoms with Gasteiger partial charge in [-0.2, -0.15) is 26.3 Å². The molecule has 10 heteroatoms. The lowest BCUT2D eigenvalue weighted by Crippen LogP contribution is -2.08. The molecule has 2 heterocycles. The van der Waals surface area contributed by atoms with E-state index < -0.39 is 34.3 Å². The number of fused-ring (bicyclic) bond motifs is 4. The highest BCUT2D eigenvalue weighted by molar-refractivity contribution is 7.26. The van der Waals surface area contributed by atoms with E-state index in [1.165, 1.54) is 12.1 Å². The lowest BCUT2D eigenvalue weighted by molar-refractivity contribution is -0.138. The average Bonchev–Trinajstić information content (AvgIpc) is 2.71. The Balaban J connectivity index is 1.85. The fourth-order valence-corrected chi connectivity index (χ4v) is 5.82. The van der Waals surface area contributed by atoms with Crippen molar-refractivity contribution in [2.45, 2.75) is 12.4 Å². The van der Waals surface area contributed by atoms with Crippen molar-refractivity contribution in [3.63, 3.8) is 0 Å². The minimum absolute atomic E-state index is 0.0994. The van der Waals surface area contributed by atoms with Gasteiger partial charge in [-0.3, -0.25) is 9.59 Å². The Labute approximate surface area is 182 Å². The average molecular weight is 482 g/mol. The molecule has 2 aromatic heterocycles. The highest BCUT2D eigenvalue weighted by atomic mass is 32.1. The van der Waals surface area contributed by atoms with Crippen LogP contribution in [-0.4, -0.2) is 0 Å². The largest absolute Gasteiger partial charge is 0.416 e. The van der Waals surface area contributed by atoms with Crippen LogP contribution in [0.25, 0.3) is 40.3 Å². The van der Waals surface area contributed by atoms with Gasteiger partial charge < -0.3 is 0 Å². The molecular formula is C22H8F6O2S2. The van der Waals surface area contributed by atoms with Gasteiger partial charge in [0.05, 0.1) is 11.1 Å². The second-order valence-corrected chi connectivity index (χ2v) is 9.29. The van der Waals surface area contributed by atoms with Crippen LogP contribution >= 0.6 is 22.7 Å². The first kappa shape index (κ1) is 20.9. The predicted octanol–water partition coefficient (Wildman–Crippen LogP) is 7.18. The van der Waals surface area contributed by atoms with Gasteiger partial charge in [-0.15, -0.1) is 22.7 Å². The third kappa shape index (κ3) is 3.25. The van der Waals surface area contributed by atoms with Crippen LogP contribution in [0.4, 0.5) is 26.3 Å². The summed E-state index contributed by atoms with van der Waals surface area (Å²) in [6, 6.07) is 8.51. The third-order valence-electron chi connectivity index (χ3n) is 5.12. The molecule has 0 amide bonds. The zero-order chi connectivity index (χ0) is 23.0. The van der Waals surface area contributed by atoms with Crippen molar-refractivity contribution in [2.75, 3.05) is 0 Å². The number of hydrogen-bond donors (Lipinski definition) is 0. The van der Waals surface area contributed by atoms with Crippen molar-refractivity contribution in [2.24, 2.45) is 0 Å². The van der Waals surface area contributed by atoms with Gasteiger partial charge in [0.15, 0.2) is 10.9 Å². The molecule has 0 saturated heterocycles. The number of hydrogen-bond acceptors (Lipinski definition) is 4. The minimum atomic E-state index is -4.57. The molecule has 162 valence electrons. The summed E-state index contributed by atoms with van der Waals surface area (Å²) in [7, 11) is 0. The Bertz CT molecular complexity index is 1570.